The molecule has 0 saturated carbocycles. The molecule has 1 N–H and O–H groups in total. The van der Waals surface area contributed by atoms with E-state index in [-0.39, 0.29) is 18.3 Å². The summed E-state index contributed by atoms with van der Waals surface area (Å²) in [7, 11) is 1.80. The fourth-order valence-corrected chi connectivity index (χ4v) is 1.57. The maximum atomic E-state index is 10.9. The summed E-state index contributed by atoms with van der Waals surface area (Å²) in [6.07, 6.45) is 0. The van der Waals surface area contributed by atoms with Gasteiger partial charge in [0, 0.05) is 29.2 Å². The van der Waals surface area contributed by atoms with E-state index in [0.29, 0.717) is 17.1 Å². The van der Waals surface area contributed by atoms with Crippen molar-refractivity contribution in [1.29, 1.82) is 0 Å². The molecular weight excluding hydrogens is 244 g/mol. The summed E-state index contributed by atoms with van der Waals surface area (Å²) >= 11 is 5.73. The second-order valence-corrected chi connectivity index (χ2v) is 4.41. The fraction of sp³-hybridized carbons (Fsp3) is 0.455. The molecule has 0 spiro atoms. The number of benzene rings is 1. The van der Waals surface area contributed by atoms with Gasteiger partial charge in [0.1, 0.15) is 0 Å². The van der Waals surface area contributed by atoms with E-state index in [2.05, 4.69) is 0 Å². The first-order chi connectivity index (χ1) is 7.95. The molecule has 17 heavy (non-hydrogen) atoms. The molecule has 0 heterocycles. The van der Waals surface area contributed by atoms with Crippen LogP contribution in [0.15, 0.2) is 18.2 Å². The molecule has 6 heteroatoms. The molecule has 0 amide bonds. The number of likely N-dealkylation sites (N-methyl/N-ethyl adjacent to an activating group) is 1. The first-order valence-corrected chi connectivity index (χ1v) is 5.57. The monoisotopic (exact) mass is 258 g/mol. The van der Waals surface area contributed by atoms with Gasteiger partial charge in [-0.05, 0) is 26.1 Å². The van der Waals surface area contributed by atoms with E-state index in [1.165, 1.54) is 6.07 Å². The first kappa shape index (κ1) is 13.9. The highest BCUT2D eigenvalue weighted by atomic mass is 35.5. The molecule has 0 fully saturated rings. The molecule has 0 radical (unpaired) electrons. The first-order valence-electron chi connectivity index (χ1n) is 5.19. The average molecular weight is 259 g/mol. The Kier molecular flexibility index (Phi) is 4.86. The third kappa shape index (κ3) is 3.66. The molecule has 1 unspecified atom stereocenters. The van der Waals surface area contributed by atoms with E-state index in [1.54, 1.807) is 19.2 Å². The molecule has 0 aliphatic carbocycles. The molecule has 0 saturated heterocycles. The fourth-order valence-electron chi connectivity index (χ4n) is 1.40. The number of aliphatic hydroxyl groups is 1. The molecule has 0 aliphatic rings. The smallest absolute Gasteiger partial charge is 0.275 e. The number of nitro benzene ring substituents is 1. The van der Waals surface area contributed by atoms with Crippen LogP contribution >= 0.6 is 11.6 Å². The molecule has 1 aromatic carbocycles. The van der Waals surface area contributed by atoms with Crippen LogP contribution in [0, 0.1) is 10.1 Å². The molecule has 1 rings (SSSR count). The van der Waals surface area contributed by atoms with Crippen molar-refractivity contribution in [2.24, 2.45) is 0 Å². The normalized spacial score (nSPS) is 12.8. The molecule has 94 valence electrons. The highest BCUT2D eigenvalue weighted by Crippen LogP contribution is 2.24. The Balaban J connectivity index is 2.94. The van der Waals surface area contributed by atoms with Crippen LogP contribution in [0.2, 0.25) is 5.02 Å². The molecule has 0 bridgehead atoms. The van der Waals surface area contributed by atoms with Gasteiger partial charge in [0.2, 0.25) is 0 Å². The minimum absolute atomic E-state index is 0.00879. The van der Waals surface area contributed by atoms with Gasteiger partial charge in [0.05, 0.1) is 11.5 Å². The van der Waals surface area contributed by atoms with Gasteiger partial charge in [-0.3, -0.25) is 15.0 Å². The minimum Gasteiger partial charge on any atom is -0.395 e. The van der Waals surface area contributed by atoms with Crippen LogP contribution in [0.4, 0.5) is 5.69 Å². The number of rotatable bonds is 5. The lowest BCUT2D eigenvalue weighted by molar-refractivity contribution is -0.385. The van der Waals surface area contributed by atoms with Crippen LogP contribution in [-0.2, 0) is 6.54 Å². The quantitative estimate of drug-likeness (QED) is 0.648. The topological polar surface area (TPSA) is 66.6 Å². The van der Waals surface area contributed by atoms with E-state index in [4.69, 9.17) is 16.7 Å². The zero-order chi connectivity index (χ0) is 13.0. The van der Waals surface area contributed by atoms with Gasteiger partial charge in [-0.25, -0.2) is 0 Å². The summed E-state index contributed by atoms with van der Waals surface area (Å²) < 4.78 is 0. The van der Waals surface area contributed by atoms with Crippen molar-refractivity contribution in [3.05, 3.63) is 38.9 Å². The number of nitro groups is 1. The summed E-state index contributed by atoms with van der Waals surface area (Å²) in [5.74, 6) is 0. The Bertz CT molecular complexity index is 412. The van der Waals surface area contributed by atoms with Gasteiger partial charge in [0.25, 0.3) is 5.69 Å². The summed E-state index contributed by atoms with van der Waals surface area (Å²) in [4.78, 5) is 12.3. The SMILES string of the molecule is CC(CO)N(C)Cc1ccc(Cl)cc1[N+](=O)[O-]. The largest absolute Gasteiger partial charge is 0.395 e. The van der Waals surface area contributed by atoms with Crippen LogP contribution in [-0.4, -0.2) is 34.6 Å². The van der Waals surface area contributed by atoms with Gasteiger partial charge >= 0.3 is 0 Å². The third-order valence-electron chi connectivity index (χ3n) is 2.68. The maximum absolute atomic E-state index is 10.9. The van der Waals surface area contributed by atoms with E-state index >= 15 is 0 Å². The Morgan fingerprint density at radius 1 is 1.59 bits per heavy atom. The van der Waals surface area contributed by atoms with Crippen molar-refractivity contribution in [2.45, 2.75) is 19.5 Å². The molecule has 5 nitrogen and oxygen atoms in total. The zero-order valence-corrected chi connectivity index (χ0v) is 10.5. The Morgan fingerprint density at radius 2 is 2.24 bits per heavy atom. The Labute approximate surface area is 105 Å². The average Bonchev–Trinajstić information content (AvgIpc) is 2.29. The Hall–Kier alpha value is -1.17. The van der Waals surface area contributed by atoms with Crippen LogP contribution in [0.25, 0.3) is 0 Å². The van der Waals surface area contributed by atoms with Gasteiger partial charge < -0.3 is 5.11 Å². The van der Waals surface area contributed by atoms with Crippen molar-refractivity contribution in [3.8, 4) is 0 Å². The van der Waals surface area contributed by atoms with Crippen molar-refractivity contribution in [1.82, 2.24) is 4.90 Å². The maximum Gasteiger partial charge on any atom is 0.275 e. The van der Waals surface area contributed by atoms with Gasteiger partial charge in [-0.1, -0.05) is 11.6 Å². The van der Waals surface area contributed by atoms with E-state index in [1.807, 2.05) is 11.8 Å². The van der Waals surface area contributed by atoms with E-state index in [9.17, 15) is 10.1 Å². The lowest BCUT2D eigenvalue weighted by Gasteiger charge is -2.22. The van der Waals surface area contributed by atoms with Crippen LogP contribution < -0.4 is 0 Å². The predicted molar refractivity (Wildman–Crippen MR) is 66.1 cm³/mol. The number of hydrogen-bond donors (Lipinski definition) is 1. The number of nitrogens with zero attached hydrogens (tertiary/aromatic N) is 2. The number of aliphatic hydroxyl groups excluding tert-OH is 1. The summed E-state index contributed by atoms with van der Waals surface area (Å²) in [6, 6.07) is 4.56. The number of hydrogen-bond acceptors (Lipinski definition) is 4. The second kappa shape index (κ2) is 5.95. The second-order valence-electron chi connectivity index (χ2n) is 3.98. The summed E-state index contributed by atoms with van der Waals surface area (Å²) in [5, 5.41) is 20.2. The molecule has 1 atom stereocenters. The van der Waals surface area contributed by atoms with Crippen LogP contribution in [0.3, 0.4) is 0 Å². The third-order valence-corrected chi connectivity index (χ3v) is 2.92. The lowest BCUT2D eigenvalue weighted by atomic mass is 10.1. The number of halogens is 1. The molecule has 0 aliphatic heterocycles. The molecule has 1 aromatic rings. The van der Waals surface area contributed by atoms with Crippen molar-refractivity contribution in [3.63, 3.8) is 0 Å². The zero-order valence-electron chi connectivity index (χ0n) is 9.76. The van der Waals surface area contributed by atoms with Crippen LogP contribution in [0.5, 0.6) is 0 Å². The summed E-state index contributed by atoms with van der Waals surface area (Å²) in [5.41, 5.74) is 0.594. The Morgan fingerprint density at radius 3 is 2.76 bits per heavy atom. The summed E-state index contributed by atoms with van der Waals surface area (Å²) in [6.45, 7) is 2.26. The molecular formula is C11H15ClN2O3. The van der Waals surface area contributed by atoms with Gasteiger partial charge in [-0.2, -0.15) is 0 Å². The van der Waals surface area contributed by atoms with Crippen molar-refractivity contribution < 1.29 is 10.0 Å². The van der Waals surface area contributed by atoms with Crippen LogP contribution in [0.1, 0.15) is 12.5 Å². The van der Waals surface area contributed by atoms with E-state index in [0.717, 1.165) is 0 Å². The van der Waals surface area contributed by atoms with Crippen molar-refractivity contribution in [2.75, 3.05) is 13.7 Å². The van der Waals surface area contributed by atoms with Gasteiger partial charge in [0.15, 0.2) is 0 Å². The van der Waals surface area contributed by atoms with E-state index < -0.39 is 4.92 Å². The van der Waals surface area contributed by atoms with Crippen molar-refractivity contribution >= 4 is 17.3 Å². The predicted octanol–water partition coefficient (Wildman–Crippen LogP) is 2.06. The highest BCUT2D eigenvalue weighted by Gasteiger charge is 2.17. The minimum atomic E-state index is -0.446. The van der Waals surface area contributed by atoms with Gasteiger partial charge in [-0.15, -0.1) is 0 Å². The highest BCUT2D eigenvalue weighted by molar-refractivity contribution is 6.30. The lowest BCUT2D eigenvalue weighted by Crippen LogP contribution is -2.31. The molecule has 0 aromatic heterocycles. The standard InChI is InChI=1S/C11H15ClN2O3/c1-8(7-15)13(2)6-9-3-4-10(12)5-11(9)14(16)17/h3-5,8,15H,6-7H2,1-2H3.